The van der Waals surface area contributed by atoms with Crippen LogP contribution >= 0.6 is 11.8 Å². The predicted octanol–water partition coefficient (Wildman–Crippen LogP) is 3.69. The molecule has 1 atom stereocenters. The van der Waals surface area contributed by atoms with Gasteiger partial charge in [0.25, 0.3) is 0 Å². The van der Waals surface area contributed by atoms with Crippen LogP contribution < -0.4 is 19.5 Å². The van der Waals surface area contributed by atoms with Gasteiger partial charge in [-0.05, 0) is 44.2 Å². The number of benzene rings is 2. The highest BCUT2D eigenvalue weighted by atomic mass is 32.2. The molecule has 0 aromatic heterocycles. The third-order valence-electron chi connectivity index (χ3n) is 3.73. The monoisotopic (exact) mass is 375 g/mol. The van der Waals surface area contributed by atoms with Crippen LogP contribution in [0.4, 0.5) is 0 Å². The Hall–Kier alpha value is -2.34. The first-order valence-corrected chi connectivity index (χ1v) is 9.27. The molecule has 0 aliphatic rings. The van der Waals surface area contributed by atoms with Gasteiger partial charge < -0.3 is 19.5 Å². The van der Waals surface area contributed by atoms with Crippen molar-refractivity contribution in [3.63, 3.8) is 0 Å². The molecule has 0 saturated heterocycles. The Morgan fingerprint density at radius 3 is 2.42 bits per heavy atom. The maximum absolute atomic E-state index is 12.2. The fourth-order valence-electron chi connectivity index (χ4n) is 2.27. The van der Waals surface area contributed by atoms with Gasteiger partial charge in [-0.25, -0.2) is 0 Å². The van der Waals surface area contributed by atoms with E-state index in [0.29, 0.717) is 24.7 Å². The quantitative estimate of drug-likeness (QED) is 0.535. The van der Waals surface area contributed by atoms with E-state index in [-0.39, 0.29) is 11.2 Å². The maximum Gasteiger partial charge on any atom is 0.233 e. The molecule has 1 N–H and O–H groups in total. The van der Waals surface area contributed by atoms with Gasteiger partial charge in [-0.15, -0.1) is 11.8 Å². The molecular weight excluding hydrogens is 350 g/mol. The second-order valence-electron chi connectivity index (χ2n) is 5.73. The Bertz CT molecular complexity index is 718. The summed E-state index contributed by atoms with van der Waals surface area (Å²) in [6, 6.07) is 13.5. The van der Waals surface area contributed by atoms with Crippen molar-refractivity contribution in [2.45, 2.75) is 24.0 Å². The zero-order chi connectivity index (χ0) is 18.9. The fraction of sp³-hybridized carbons (Fsp3) is 0.350. The topological polar surface area (TPSA) is 56.8 Å². The molecule has 0 heterocycles. The van der Waals surface area contributed by atoms with E-state index in [4.69, 9.17) is 14.2 Å². The zero-order valence-corrected chi connectivity index (χ0v) is 16.4. The maximum atomic E-state index is 12.2. The Balaban J connectivity index is 1.77. The van der Waals surface area contributed by atoms with E-state index >= 15 is 0 Å². The minimum Gasteiger partial charge on any atom is -0.493 e. The number of thioether (sulfide) groups is 1. The number of aryl methyl sites for hydroxylation is 1. The van der Waals surface area contributed by atoms with Crippen molar-refractivity contribution in [3.05, 3.63) is 48.0 Å². The van der Waals surface area contributed by atoms with E-state index in [1.807, 2.05) is 56.3 Å². The molecule has 2 aromatic rings. The lowest BCUT2D eigenvalue weighted by Gasteiger charge is -2.14. The van der Waals surface area contributed by atoms with E-state index in [1.54, 1.807) is 14.2 Å². The summed E-state index contributed by atoms with van der Waals surface area (Å²) in [6.07, 6.45) is 0. The summed E-state index contributed by atoms with van der Waals surface area (Å²) in [5.41, 5.74) is 1.19. The Morgan fingerprint density at radius 2 is 1.77 bits per heavy atom. The van der Waals surface area contributed by atoms with Crippen molar-refractivity contribution in [3.8, 4) is 17.2 Å². The van der Waals surface area contributed by atoms with Gasteiger partial charge in [-0.3, -0.25) is 4.79 Å². The summed E-state index contributed by atoms with van der Waals surface area (Å²) >= 11 is 1.47. The summed E-state index contributed by atoms with van der Waals surface area (Å²) in [7, 11) is 3.19. The van der Waals surface area contributed by atoms with Crippen molar-refractivity contribution in [1.82, 2.24) is 5.32 Å². The molecule has 0 aliphatic heterocycles. The van der Waals surface area contributed by atoms with E-state index in [9.17, 15) is 4.79 Å². The Labute approximate surface area is 159 Å². The minimum absolute atomic E-state index is 0.0303. The van der Waals surface area contributed by atoms with Crippen LogP contribution in [0.2, 0.25) is 0 Å². The van der Waals surface area contributed by atoms with Gasteiger partial charge >= 0.3 is 0 Å². The van der Waals surface area contributed by atoms with Crippen LogP contribution in [0.25, 0.3) is 0 Å². The molecule has 0 fully saturated rings. The summed E-state index contributed by atoms with van der Waals surface area (Å²) in [6.45, 7) is 4.80. The average molecular weight is 375 g/mol. The number of carbonyl (C=O) groups excluding carboxylic acids is 1. The minimum atomic E-state index is -0.229. The highest BCUT2D eigenvalue weighted by molar-refractivity contribution is 8.00. The molecule has 6 heteroatoms. The molecule has 0 unspecified atom stereocenters. The van der Waals surface area contributed by atoms with E-state index in [2.05, 4.69) is 5.32 Å². The van der Waals surface area contributed by atoms with Crippen LogP contribution in [0.5, 0.6) is 17.2 Å². The van der Waals surface area contributed by atoms with Crippen LogP contribution in [0.3, 0.4) is 0 Å². The Kier molecular flexibility index (Phi) is 7.66. The Morgan fingerprint density at radius 1 is 1.08 bits per heavy atom. The first-order chi connectivity index (χ1) is 12.5. The van der Waals surface area contributed by atoms with Gasteiger partial charge in [0.05, 0.1) is 26.0 Å². The first kappa shape index (κ1) is 20.0. The lowest BCUT2D eigenvalue weighted by molar-refractivity contribution is -0.120. The molecule has 0 spiro atoms. The van der Waals surface area contributed by atoms with Crippen molar-refractivity contribution in [1.29, 1.82) is 0 Å². The standard InChI is InChI=1S/C20H25NO4S/c1-14-5-7-16(8-6-14)25-12-11-21-20(22)15(2)26-17-9-10-18(23-3)19(13-17)24-4/h5-10,13,15H,11-12H2,1-4H3,(H,21,22)/t15-/m1/s1. The fourth-order valence-corrected chi connectivity index (χ4v) is 3.19. The summed E-state index contributed by atoms with van der Waals surface area (Å²) in [5.74, 6) is 2.09. The average Bonchev–Trinajstić information content (AvgIpc) is 2.66. The van der Waals surface area contributed by atoms with E-state index < -0.39 is 0 Å². The van der Waals surface area contributed by atoms with Crippen LogP contribution in [-0.4, -0.2) is 38.5 Å². The summed E-state index contributed by atoms with van der Waals surface area (Å²) in [4.78, 5) is 13.2. The van der Waals surface area contributed by atoms with Crippen molar-refractivity contribution >= 4 is 17.7 Å². The highest BCUT2D eigenvalue weighted by Crippen LogP contribution is 2.33. The van der Waals surface area contributed by atoms with Gasteiger partial charge in [-0.1, -0.05) is 17.7 Å². The molecule has 0 saturated carbocycles. The van der Waals surface area contributed by atoms with Crippen molar-refractivity contribution in [2.75, 3.05) is 27.4 Å². The number of hydrogen-bond acceptors (Lipinski definition) is 5. The van der Waals surface area contributed by atoms with Crippen LogP contribution in [0.15, 0.2) is 47.4 Å². The second-order valence-corrected chi connectivity index (χ2v) is 7.14. The SMILES string of the molecule is COc1ccc(S[C@H](C)C(=O)NCCOc2ccc(C)cc2)cc1OC. The lowest BCUT2D eigenvalue weighted by atomic mass is 10.2. The van der Waals surface area contributed by atoms with Gasteiger partial charge in [0, 0.05) is 4.90 Å². The number of carbonyl (C=O) groups is 1. The summed E-state index contributed by atoms with van der Waals surface area (Å²) in [5, 5.41) is 2.67. The van der Waals surface area contributed by atoms with Gasteiger partial charge in [0.2, 0.25) is 5.91 Å². The molecule has 1 amide bonds. The number of ether oxygens (including phenoxy) is 3. The van der Waals surface area contributed by atoms with Crippen LogP contribution in [0, 0.1) is 6.92 Å². The van der Waals surface area contributed by atoms with E-state index in [0.717, 1.165) is 10.6 Å². The van der Waals surface area contributed by atoms with Crippen LogP contribution in [0.1, 0.15) is 12.5 Å². The molecule has 26 heavy (non-hydrogen) atoms. The molecule has 0 aliphatic carbocycles. The second kappa shape index (κ2) is 9.97. The van der Waals surface area contributed by atoms with Crippen molar-refractivity contribution in [2.24, 2.45) is 0 Å². The zero-order valence-electron chi connectivity index (χ0n) is 15.6. The number of nitrogens with one attached hydrogen (secondary N) is 1. The normalized spacial score (nSPS) is 11.5. The van der Waals surface area contributed by atoms with Crippen LogP contribution in [-0.2, 0) is 4.79 Å². The lowest BCUT2D eigenvalue weighted by Crippen LogP contribution is -2.33. The molecule has 0 bridgehead atoms. The van der Waals surface area contributed by atoms with E-state index in [1.165, 1.54) is 17.3 Å². The number of amides is 1. The van der Waals surface area contributed by atoms with Gasteiger partial charge in [0.15, 0.2) is 11.5 Å². The predicted molar refractivity (Wildman–Crippen MR) is 105 cm³/mol. The molecule has 5 nitrogen and oxygen atoms in total. The number of rotatable bonds is 9. The molecule has 140 valence electrons. The third-order valence-corrected chi connectivity index (χ3v) is 4.82. The van der Waals surface area contributed by atoms with Crippen molar-refractivity contribution < 1.29 is 19.0 Å². The smallest absolute Gasteiger partial charge is 0.233 e. The number of methoxy groups -OCH3 is 2. The molecule has 0 radical (unpaired) electrons. The third kappa shape index (κ3) is 5.88. The van der Waals surface area contributed by atoms with Gasteiger partial charge in [-0.2, -0.15) is 0 Å². The molecule has 2 aromatic carbocycles. The largest absolute Gasteiger partial charge is 0.493 e. The number of hydrogen-bond donors (Lipinski definition) is 1. The molecule has 2 rings (SSSR count). The van der Waals surface area contributed by atoms with Gasteiger partial charge in [0.1, 0.15) is 12.4 Å². The highest BCUT2D eigenvalue weighted by Gasteiger charge is 2.15. The first-order valence-electron chi connectivity index (χ1n) is 8.39. The summed E-state index contributed by atoms with van der Waals surface area (Å²) < 4.78 is 16.1. The molecular formula is C20H25NO4S.